The number of aliphatic hydroxyl groups is 1. The van der Waals surface area contributed by atoms with Gasteiger partial charge in [0.15, 0.2) is 0 Å². The highest BCUT2D eigenvalue weighted by molar-refractivity contribution is 5.36. The maximum absolute atomic E-state index is 9.56. The van der Waals surface area contributed by atoms with Gasteiger partial charge in [0.2, 0.25) is 0 Å². The Bertz CT molecular complexity index is 426. The van der Waals surface area contributed by atoms with E-state index in [0.717, 1.165) is 56.2 Å². The molecule has 1 saturated heterocycles. The maximum Gasteiger partial charge on any atom is 0.122 e. The van der Waals surface area contributed by atoms with Crippen LogP contribution in [-0.2, 0) is 0 Å². The van der Waals surface area contributed by atoms with E-state index in [1.165, 1.54) is 0 Å². The van der Waals surface area contributed by atoms with Gasteiger partial charge in [0, 0.05) is 32.7 Å². The van der Waals surface area contributed by atoms with Crippen LogP contribution in [0.2, 0.25) is 0 Å². The third-order valence-electron chi connectivity index (χ3n) is 3.94. The number of hydrogen-bond donors (Lipinski definition) is 1. The van der Waals surface area contributed by atoms with E-state index in [9.17, 15) is 5.11 Å². The number of rotatable bonds is 5. The minimum atomic E-state index is -0.423. The number of hydrogen-bond acceptors (Lipinski definition) is 4. The third-order valence-corrected chi connectivity index (χ3v) is 3.94. The lowest BCUT2D eigenvalue weighted by Gasteiger charge is -2.32. The van der Waals surface area contributed by atoms with Crippen LogP contribution in [0.15, 0.2) is 18.2 Å². The zero-order chi connectivity index (χ0) is 14.5. The molecule has 4 nitrogen and oxygen atoms in total. The van der Waals surface area contributed by atoms with Crippen LogP contribution in [0.3, 0.4) is 0 Å². The Kier molecular flexibility index (Phi) is 5.40. The molecule has 0 saturated carbocycles. The smallest absolute Gasteiger partial charge is 0.122 e. The van der Waals surface area contributed by atoms with Crippen molar-refractivity contribution < 1.29 is 9.84 Å². The van der Waals surface area contributed by atoms with Crippen molar-refractivity contribution in [3.63, 3.8) is 0 Å². The molecular weight excluding hydrogens is 252 g/mol. The van der Waals surface area contributed by atoms with Gasteiger partial charge in [0.05, 0.1) is 6.10 Å². The lowest BCUT2D eigenvalue weighted by molar-refractivity contribution is 0.133. The second-order valence-electron chi connectivity index (χ2n) is 5.69. The van der Waals surface area contributed by atoms with Crippen LogP contribution in [0, 0.1) is 6.92 Å². The lowest BCUT2D eigenvalue weighted by atomic mass is 10.1. The van der Waals surface area contributed by atoms with Crippen molar-refractivity contribution >= 4 is 0 Å². The predicted molar refractivity (Wildman–Crippen MR) is 81.2 cm³/mol. The Balaban J connectivity index is 1.79. The Hall–Kier alpha value is -1.10. The Labute approximate surface area is 122 Å². The fourth-order valence-electron chi connectivity index (χ4n) is 2.45. The van der Waals surface area contributed by atoms with Gasteiger partial charge in [0.1, 0.15) is 12.4 Å². The fraction of sp³-hybridized carbons (Fsp3) is 0.625. The van der Waals surface area contributed by atoms with Crippen LogP contribution in [0.4, 0.5) is 0 Å². The van der Waals surface area contributed by atoms with Gasteiger partial charge < -0.3 is 14.7 Å². The Morgan fingerprint density at radius 3 is 2.55 bits per heavy atom. The SMILES string of the molecule is Cc1cc(C(C)O)ccc1OCCN1CCN(C)CC1. The van der Waals surface area contributed by atoms with Gasteiger partial charge in [-0.2, -0.15) is 0 Å². The van der Waals surface area contributed by atoms with Gasteiger partial charge in [-0.25, -0.2) is 0 Å². The van der Waals surface area contributed by atoms with Crippen LogP contribution in [0.25, 0.3) is 0 Å². The van der Waals surface area contributed by atoms with Crippen LogP contribution in [0.5, 0.6) is 5.75 Å². The number of likely N-dealkylation sites (N-methyl/N-ethyl adjacent to an activating group) is 1. The van der Waals surface area contributed by atoms with Gasteiger partial charge in [-0.3, -0.25) is 4.90 Å². The van der Waals surface area contributed by atoms with Gasteiger partial charge in [-0.15, -0.1) is 0 Å². The van der Waals surface area contributed by atoms with Crippen molar-refractivity contribution in [1.82, 2.24) is 9.80 Å². The molecule has 0 radical (unpaired) electrons. The summed E-state index contributed by atoms with van der Waals surface area (Å²) in [5.41, 5.74) is 2.02. The van der Waals surface area contributed by atoms with E-state index in [1.54, 1.807) is 6.92 Å². The zero-order valence-electron chi connectivity index (χ0n) is 12.8. The summed E-state index contributed by atoms with van der Waals surface area (Å²) >= 11 is 0. The monoisotopic (exact) mass is 278 g/mol. The van der Waals surface area contributed by atoms with E-state index < -0.39 is 6.10 Å². The van der Waals surface area contributed by atoms with E-state index in [2.05, 4.69) is 16.8 Å². The number of aryl methyl sites for hydroxylation is 1. The summed E-state index contributed by atoms with van der Waals surface area (Å²) in [4.78, 5) is 4.80. The van der Waals surface area contributed by atoms with Crippen LogP contribution >= 0.6 is 0 Å². The summed E-state index contributed by atoms with van der Waals surface area (Å²) in [5, 5.41) is 9.56. The highest BCUT2D eigenvalue weighted by atomic mass is 16.5. The molecule has 1 aromatic carbocycles. The lowest BCUT2D eigenvalue weighted by Crippen LogP contribution is -2.45. The van der Waals surface area contributed by atoms with Gasteiger partial charge in [-0.1, -0.05) is 6.07 Å². The predicted octanol–water partition coefficient (Wildman–Crippen LogP) is 1.67. The van der Waals surface area contributed by atoms with E-state index in [-0.39, 0.29) is 0 Å². The minimum Gasteiger partial charge on any atom is -0.492 e. The molecule has 0 amide bonds. The molecular formula is C16H26N2O2. The number of aliphatic hydroxyl groups excluding tert-OH is 1. The van der Waals surface area contributed by atoms with E-state index in [1.807, 2.05) is 25.1 Å². The molecule has 2 rings (SSSR count). The van der Waals surface area contributed by atoms with Gasteiger partial charge >= 0.3 is 0 Å². The highest BCUT2D eigenvalue weighted by Gasteiger charge is 2.13. The van der Waals surface area contributed by atoms with Crippen molar-refractivity contribution in [1.29, 1.82) is 0 Å². The molecule has 0 aliphatic carbocycles. The van der Waals surface area contributed by atoms with E-state index >= 15 is 0 Å². The molecule has 0 aromatic heterocycles. The Morgan fingerprint density at radius 2 is 1.95 bits per heavy atom. The molecule has 112 valence electrons. The van der Waals surface area contributed by atoms with E-state index in [0.29, 0.717) is 0 Å². The normalized spacial score (nSPS) is 19.0. The summed E-state index contributed by atoms with van der Waals surface area (Å²) in [5.74, 6) is 0.920. The average Bonchev–Trinajstić information content (AvgIpc) is 2.42. The summed E-state index contributed by atoms with van der Waals surface area (Å²) in [6.45, 7) is 10.0. The molecule has 1 heterocycles. The second kappa shape index (κ2) is 7.07. The second-order valence-corrected chi connectivity index (χ2v) is 5.69. The summed E-state index contributed by atoms with van der Waals surface area (Å²) in [7, 11) is 2.17. The molecule has 1 fully saturated rings. The molecule has 1 N–H and O–H groups in total. The van der Waals surface area contributed by atoms with Crippen LogP contribution in [0.1, 0.15) is 24.2 Å². The summed E-state index contributed by atoms with van der Waals surface area (Å²) in [6.07, 6.45) is -0.423. The molecule has 4 heteroatoms. The van der Waals surface area contributed by atoms with Crippen molar-refractivity contribution in [3.8, 4) is 5.75 Å². The number of ether oxygens (including phenoxy) is 1. The maximum atomic E-state index is 9.56. The number of piperazine rings is 1. The van der Waals surface area contributed by atoms with E-state index in [4.69, 9.17) is 4.74 Å². The summed E-state index contributed by atoms with van der Waals surface area (Å²) in [6, 6.07) is 5.89. The first-order valence-electron chi connectivity index (χ1n) is 7.38. The molecule has 0 spiro atoms. The van der Waals surface area contributed by atoms with Crippen LogP contribution < -0.4 is 4.74 Å². The van der Waals surface area contributed by atoms with Crippen LogP contribution in [-0.4, -0.2) is 61.3 Å². The summed E-state index contributed by atoms with van der Waals surface area (Å²) < 4.78 is 5.86. The first-order chi connectivity index (χ1) is 9.56. The van der Waals surface area contributed by atoms with Crippen molar-refractivity contribution in [2.45, 2.75) is 20.0 Å². The number of nitrogens with zero attached hydrogens (tertiary/aromatic N) is 2. The third kappa shape index (κ3) is 4.20. The molecule has 1 aliphatic heterocycles. The number of benzene rings is 1. The first kappa shape index (κ1) is 15.3. The zero-order valence-corrected chi connectivity index (χ0v) is 12.8. The molecule has 0 bridgehead atoms. The first-order valence-corrected chi connectivity index (χ1v) is 7.38. The standard InChI is InChI=1S/C16H26N2O2/c1-13-12-15(14(2)19)4-5-16(13)20-11-10-18-8-6-17(3)7-9-18/h4-5,12,14,19H,6-11H2,1-3H3. The quantitative estimate of drug-likeness (QED) is 0.889. The van der Waals surface area contributed by atoms with Crippen molar-refractivity contribution in [2.75, 3.05) is 46.4 Å². The van der Waals surface area contributed by atoms with Crippen molar-refractivity contribution in [3.05, 3.63) is 29.3 Å². The minimum absolute atomic E-state index is 0.423. The van der Waals surface area contributed by atoms with Crippen molar-refractivity contribution in [2.24, 2.45) is 0 Å². The topological polar surface area (TPSA) is 35.9 Å². The average molecular weight is 278 g/mol. The largest absolute Gasteiger partial charge is 0.492 e. The fourth-order valence-corrected chi connectivity index (χ4v) is 2.45. The molecule has 1 atom stereocenters. The van der Waals surface area contributed by atoms with Gasteiger partial charge in [0.25, 0.3) is 0 Å². The highest BCUT2D eigenvalue weighted by Crippen LogP contribution is 2.22. The molecule has 20 heavy (non-hydrogen) atoms. The molecule has 1 aromatic rings. The Morgan fingerprint density at radius 1 is 1.25 bits per heavy atom. The van der Waals surface area contributed by atoms with Gasteiger partial charge in [-0.05, 0) is 44.2 Å². The molecule has 1 aliphatic rings. The molecule has 1 unspecified atom stereocenters.